The van der Waals surface area contributed by atoms with Gasteiger partial charge in [0.15, 0.2) is 0 Å². The summed E-state index contributed by atoms with van der Waals surface area (Å²) in [6, 6.07) is -0.123. The van der Waals surface area contributed by atoms with Crippen LogP contribution in [0.3, 0.4) is 0 Å². The Hall–Kier alpha value is -1.18. The lowest BCUT2D eigenvalue weighted by Gasteiger charge is -2.23. The number of aromatic nitrogens is 2. The third kappa shape index (κ3) is 4.94. The van der Waals surface area contributed by atoms with Gasteiger partial charge < -0.3 is 5.32 Å². The molecule has 7 heteroatoms. The van der Waals surface area contributed by atoms with Crippen LogP contribution in [0.5, 0.6) is 0 Å². The first kappa shape index (κ1) is 17.9. The van der Waals surface area contributed by atoms with Gasteiger partial charge in [-0.05, 0) is 26.8 Å². The van der Waals surface area contributed by atoms with Crippen molar-refractivity contribution in [1.82, 2.24) is 19.4 Å². The second-order valence-corrected chi connectivity index (χ2v) is 7.04. The summed E-state index contributed by atoms with van der Waals surface area (Å²) in [4.78, 5) is 0.230. The zero-order chi connectivity index (χ0) is 15.9. The topological polar surface area (TPSA) is 67.2 Å². The van der Waals surface area contributed by atoms with Crippen molar-refractivity contribution in [3.05, 3.63) is 25.0 Å². The Morgan fingerprint density at radius 2 is 2.19 bits per heavy atom. The molecule has 1 heterocycles. The van der Waals surface area contributed by atoms with Crippen LogP contribution >= 0.6 is 0 Å². The van der Waals surface area contributed by atoms with Gasteiger partial charge in [-0.3, -0.25) is 4.68 Å². The Bertz CT molecular complexity index is 537. The SMILES string of the molecule is C=CCN(C(C)C)S(=O)(=O)c1cnn(CCNCCC)c1. The van der Waals surface area contributed by atoms with Gasteiger partial charge >= 0.3 is 0 Å². The molecule has 1 aromatic rings. The lowest BCUT2D eigenvalue weighted by Crippen LogP contribution is -2.36. The maximum atomic E-state index is 12.6. The summed E-state index contributed by atoms with van der Waals surface area (Å²) in [7, 11) is -3.52. The summed E-state index contributed by atoms with van der Waals surface area (Å²) in [6.07, 6.45) is 5.66. The van der Waals surface area contributed by atoms with Crippen LogP contribution in [0.15, 0.2) is 29.9 Å². The number of nitrogens with zero attached hydrogens (tertiary/aromatic N) is 3. The van der Waals surface area contributed by atoms with E-state index in [9.17, 15) is 8.42 Å². The van der Waals surface area contributed by atoms with Crippen LogP contribution in [0.25, 0.3) is 0 Å². The smallest absolute Gasteiger partial charge is 0.246 e. The molecule has 0 spiro atoms. The van der Waals surface area contributed by atoms with Crippen LogP contribution in [-0.2, 0) is 16.6 Å². The summed E-state index contributed by atoms with van der Waals surface area (Å²) in [5.41, 5.74) is 0. The van der Waals surface area contributed by atoms with E-state index in [1.54, 1.807) is 17.0 Å². The first-order chi connectivity index (χ1) is 9.93. The van der Waals surface area contributed by atoms with Crippen LogP contribution in [0, 0.1) is 0 Å². The zero-order valence-electron chi connectivity index (χ0n) is 13.1. The second-order valence-electron chi connectivity index (χ2n) is 5.15. The van der Waals surface area contributed by atoms with Gasteiger partial charge in [0.1, 0.15) is 4.90 Å². The highest BCUT2D eigenvalue weighted by atomic mass is 32.2. The van der Waals surface area contributed by atoms with E-state index in [-0.39, 0.29) is 10.9 Å². The lowest BCUT2D eigenvalue weighted by molar-refractivity contribution is 0.383. The highest BCUT2D eigenvalue weighted by Crippen LogP contribution is 2.17. The third-order valence-electron chi connectivity index (χ3n) is 3.05. The average molecular weight is 314 g/mol. The molecule has 0 aromatic carbocycles. The van der Waals surface area contributed by atoms with Gasteiger partial charge in [0.25, 0.3) is 0 Å². The molecule has 0 amide bonds. The molecule has 1 N–H and O–H groups in total. The molecule has 0 aliphatic rings. The Morgan fingerprint density at radius 3 is 2.76 bits per heavy atom. The predicted molar refractivity (Wildman–Crippen MR) is 84.6 cm³/mol. The van der Waals surface area contributed by atoms with Crippen molar-refractivity contribution in [2.24, 2.45) is 0 Å². The van der Waals surface area contributed by atoms with E-state index in [4.69, 9.17) is 0 Å². The van der Waals surface area contributed by atoms with Crippen molar-refractivity contribution in [3.63, 3.8) is 0 Å². The van der Waals surface area contributed by atoms with Gasteiger partial charge in [-0.2, -0.15) is 9.40 Å². The van der Waals surface area contributed by atoms with Crippen molar-refractivity contribution in [3.8, 4) is 0 Å². The molecular formula is C14H26N4O2S. The first-order valence-corrected chi connectivity index (χ1v) is 8.73. The highest BCUT2D eigenvalue weighted by Gasteiger charge is 2.27. The van der Waals surface area contributed by atoms with Gasteiger partial charge in [0.05, 0.1) is 12.7 Å². The number of hydrogen-bond acceptors (Lipinski definition) is 4. The van der Waals surface area contributed by atoms with Crippen LogP contribution in [0.2, 0.25) is 0 Å². The standard InChI is InChI=1S/C14H26N4O2S/c1-5-7-15-8-10-17-12-14(11-16-17)21(19,20)18(9-6-2)13(3)4/h6,11-13,15H,2,5,7-10H2,1,3-4H3. The van der Waals surface area contributed by atoms with E-state index in [1.165, 1.54) is 10.5 Å². The van der Waals surface area contributed by atoms with Crippen molar-refractivity contribution < 1.29 is 8.42 Å². The fourth-order valence-electron chi connectivity index (χ4n) is 1.94. The van der Waals surface area contributed by atoms with Gasteiger partial charge in [-0.15, -0.1) is 6.58 Å². The zero-order valence-corrected chi connectivity index (χ0v) is 13.9. The van der Waals surface area contributed by atoms with Crippen molar-refractivity contribution >= 4 is 10.0 Å². The Kier molecular flexibility index (Phi) is 7.07. The summed E-state index contributed by atoms with van der Waals surface area (Å²) >= 11 is 0. The molecule has 1 aromatic heterocycles. The van der Waals surface area contributed by atoms with Crippen molar-refractivity contribution in [1.29, 1.82) is 0 Å². The molecule has 0 aliphatic heterocycles. The third-order valence-corrected chi connectivity index (χ3v) is 5.04. The molecule has 0 fully saturated rings. The van der Waals surface area contributed by atoms with Gasteiger partial charge in [-0.25, -0.2) is 8.42 Å². The normalized spacial score (nSPS) is 12.2. The van der Waals surface area contributed by atoms with Crippen LogP contribution < -0.4 is 5.32 Å². The maximum Gasteiger partial charge on any atom is 0.246 e. The molecule has 0 unspecified atom stereocenters. The van der Waals surface area contributed by atoms with Gasteiger partial charge in [0, 0.05) is 25.3 Å². The fourth-order valence-corrected chi connectivity index (χ4v) is 3.51. The summed E-state index contributed by atoms with van der Waals surface area (Å²) in [5, 5.41) is 7.39. The van der Waals surface area contributed by atoms with E-state index in [0.717, 1.165) is 19.5 Å². The minimum atomic E-state index is -3.52. The molecule has 0 saturated carbocycles. The molecule has 120 valence electrons. The van der Waals surface area contributed by atoms with Crippen molar-refractivity contribution in [2.45, 2.75) is 44.7 Å². The van der Waals surface area contributed by atoms with E-state index in [0.29, 0.717) is 13.1 Å². The predicted octanol–water partition coefficient (Wildman–Crippen LogP) is 1.47. The summed E-state index contributed by atoms with van der Waals surface area (Å²) in [5.74, 6) is 0. The van der Waals surface area contributed by atoms with E-state index >= 15 is 0 Å². The molecule has 6 nitrogen and oxygen atoms in total. The average Bonchev–Trinajstić information content (AvgIpc) is 2.90. The molecule has 0 radical (unpaired) electrons. The fraction of sp³-hybridized carbons (Fsp3) is 0.643. The quantitative estimate of drug-likeness (QED) is 0.524. The number of nitrogens with one attached hydrogen (secondary N) is 1. The molecule has 21 heavy (non-hydrogen) atoms. The van der Waals surface area contributed by atoms with E-state index in [2.05, 4.69) is 23.9 Å². The molecule has 1 rings (SSSR count). The van der Waals surface area contributed by atoms with Gasteiger partial charge in [0.2, 0.25) is 10.0 Å². The largest absolute Gasteiger partial charge is 0.315 e. The highest BCUT2D eigenvalue weighted by molar-refractivity contribution is 7.89. The Morgan fingerprint density at radius 1 is 1.48 bits per heavy atom. The Labute approximate surface area is 127 Å². The minimum Gasteiger partial charge on any atom is -0.315 e. The van der Waals surface area contributed by atoms with E-state index < -0.39 is 10.0 Å². The minimum absolute atomic E-state index is 0.123. The van der Waals surface area contributed by atoms with Crippen LogP contribution in [0.1, 0.15) is 27.2 Å². The number of sulfonamides is 1. The molecule has 0 bridgehead atoms. The molecular weight excluding hydrogens is 288 g/mol. The van der Waals surface area contributed by atoms with Crippen LogP contribution in [0.4, 0.5) is 0 Å². The number of rotatable bonds is 10. The monoisotopic (exact) mass is 314 g/mol. The van der Waals surface area contributed by atoms with Gasteiger partial charge in [-0.1, -0.05) is 13.0 Å². The Balaban J connectivity index is 2.79. The summed E-state index contributed by atoms with van der Waals surface area (Å²) in [6.45, 7) is 12.1. The molecule has 0 atom stereocenters. The maximum absolute atomic E-state index is 12.6. The lowest BCUT2D eigenvalue weighted by atomic mass is 10.4. The molecule has 0 aliphatic carbocycles. The van der Waals surface area contributed by atoms with Crippen molar-refractivity contribution in [2.75, 3.05) is 19.6 Å². The summed E-state index contributed by atoms with van der Waals surface area (Å²) < 4.78 is 28.2. The second kappa shape index (κ2) is 8.31. The number of hydrogen-bond donors (Lipinski definition) is 1. The van der Waals surface area contributed by atoms with Crippen LogP contribution in [-0.4, -0.2) is 48.2 Å². The first-order valence-electron chi connectivity index (χ1n) is 7.29. The molecule has 0 saturated heterocycles. The van der Waals surface area contributed by atoms with E-state index in [1.807, 2.05) is 13.8 Å².